The molecule has 6 heteroatoms. The second-order valence-electron chi connectivity index (χ2n) is 8.51. The fourth-order valence-corrected chi connectivity index (χ4v) is 4.82. The third kappa shape index (κ3) is 3.67. The van der Waals surface area contributed by atoms with Gasteiger partial charge >= 0.3 is 0 Å². The summed E-state index contributed by atoms with van der Waals surface area (Å²) in [6, 6.07) is 8.16. The predicted molar refractivity (Wildman–Crippen MR) is 109 cm³/mol. The largest absolute Gasteiger partial charge is 0.363 e. The van der Waals surface area contributed by atoms with Crippen molar-refractivity contribution < 1.29 is 9.53 Å². The molecule has 2 atom stereocenters. The maximum atomic E-state index is 13.3. The maximum absolute atomic E-state index is 13.3. The van der Waals surface area contributed by atoms with Crippen molar-refractivity contribution >= 4 is 5.91 Å². The van der Waals surface area contributed by atoms with Gasteiger partial charge in [0.15, 0.2) is 6.10 Å². The summed E-state index contributed by atoms with van der Waals surface area (Å²) in [6.07, 6.45) is 5.38. The number of piperidine rings is 1. The van der Waals surface area contributed by atoms with Crippen molar-refractivity contribution in [2.75, 3.05) is 33.3 Å². The number of carbonyl (C=O) groups is 1. The zero-order chi connectivity index (χ0) is 19.8. The summed E-state index contributed by atoms with van der Waals surface area (Å²) >= 11 is 0. The first kappa shape index (κ1) is 18.7. The zero-order valence-corrected chi connectivity index (χ0v) is 17.0. The van der Waals surface area contributed by atoms with E-state index >= 15 is 0 Å². The molecule has 0 spiro atoms. The van der Waals surface area contributed by atoms with E-state index in [4.69, 9.17) is 9.72 Å². The SMILES string of the molecule is CN1CCc2nc([C@H]3CCCN(C(=O)[C@H]4OCCc5ccccc54)C3)ncc2C1. The normalized spacial score (nSPS) is 24.7. The number of hydrogen-bond donors (Lipinski definition) is 0. The molecule has 1 amide bonds. The van der Waals surface area contributed by atoms with Crippen molar-refractivity contribution in [3.05, 3.63) is 58.7 Å². The lowest BCUT2D eigenvalue weighted by Crippen LogP contribution is -2.43. The molecule has 5 rings (SSSR count). The van der Waals surface area contributed by atoms with Gasteiger partial charge in [-0.1, -0.05) is 24.3 Å². The van der Waals surface area contributed by atoms with Gasteiger partial charge in [0.1, 0.15) is 5.82 Å². The first-order chi connectivity index (χ1) is 14.2. The Morgan fingerprint density at radius 3 is 3.00 bits per heavy atom. The molecule has 6 nitrogen and oxygen atoms in total. The molecule has 0 N–H and O–H groups in total. The number of fused-ring (bicyclic) bond motifs is 2. The summed E-state index contributed by atoms with van der Waals surface area (Å²) in [5.41, 5.74) is 4.67. The van der Waals surface area contributed by atoms with E-state index < -0.39 is 6.10 Å². The molecule has 2 aromatic rings. The van der Waals surface area contributed by atoms with E-state index in [-0.39, 0.29) is 11.8 Å². The number of likely N-dealkylation sites (tertiary alicyclic amines) is 1. The molecule has 152 valence electrons. The Bertz CT molecular complexity index is 916. The van der Waals surface area contributed by atoms with E-state index in [9.17, 15) is 4.79 Å². The molecule has 3 aliphatic rings. The van der Waals surface area contributed by atoms with E-state index in [2.05, 4.69) is 23.0 Å². The Morgan fingerprint density at radius 1 is 1.17 bits per heavy atom. The second-order valence-corrected chi connectivity index (χ2v) is 8.51. The summed E-state index contributed by atoms with van der Waals surface area (Å²) in [6.45, 7) is 4.03. The Balaban J connectivity index is 1.33. The van der Waals surface area contributed by atoms with Gasteiger partial charge in [-0.05, 0) is 37.4 Å². The topological polar surface area (TPSA) is 58.6 Å². The second kappa shape index (κ2) is 7.84. The predicted octanol–water partition coefficient (Wildman–Crippen LogP) is 2.48. The van der Waals surface area contributed by atoms with Gasteiger partial charge in [0.2, 0.25) is 0 Å². The van der Waals surface area contributed by atoms with Gasteiger partial charge in [-0.25, -0.2) is 9.97 Å². The van der Waals surface area contributed by atoms with Crippen molar-refractivity contribution in [1.82, 2.24) is 19.8 Å². The number of carbonyl (C=O) groups excluding carboxylic acids is 1. The number of benzene rings is 1. The lowest BCUT2D eigenvalue weighted by molar-refractivity contribution is -0.146. The summed E-state index contributed by atoms with van der Waals surface area (Å²) < 4.78 is 5.92. The summed E-state index contributed by atoms with van der Waals surface area (Å²) in [5.74, 6) is 1.19. The maximum Gasteiger partial charge on any atom is 0.256 e. The quantitative estimate of drug-likeness (QED) is 0.786. The molecule has 1 aromatic heterocycles. The van der Waals surface area contributed by atoms with Crippen LogP contribution in [0.2, 0.25) is 0 Å². The Labute approximate surface area is 171 Å². The van der Waals surface area contributed by atoms with Crippen molar-refractivity contribution in [1.29, 1.82) is 0 Å². The van der Waals surface area contributed by atoms with E-state index in [1.807, 2.05) is 29.3 Å². The van der Waals surface area contributed by atoms with E-state index in [1.54, 1.807) is 0 Å². The molecule has 1 aromatic carbocycles. The number of hydrogen-bond acceptors (Lipinski definition) is 5. The minimum absolute atomic E-state index is 0.0847. The van der Waals surface area contributed by atoms with E-state index in [1.165, 1.54) is 16.8 Å². The molecule has 0 aliphatic carbocycles. The number of ether oxygens (including phenoxy) is 1. The van der Waals surface area contributed by atoms with Gasteiger partial charge in [0.05, 0.1) is 6.61 Å². The van der Waals surface area contributed by atoms with Crippen LogP contribution in [0, 0.1) is 0 Å². The number of rotatable bonds is 2. The third-order valence-electron chi connectivity index (χ3n) is 6.46. The van der Waals surface area contributed by atoms with Crippen molar-refractivity contribution in [3.63, 3.8) is 0 Å². The minimum atomic E-state index is -0.473. The van der Waals surface area contributed by atoms with Crippen LogP contribution in [0.15, 0.2) is 30.5 Å². The molecule has 29 heavy (non-hydrogen) atoms. The van der Waals surface area contributed by atoms with Crippen molar-refractivity contribution in [2.24, 2.45) is 0 Å². The standard InChI is InChI=1S/C23H28N4O2/c1-26-11-8-20-18(14-26)13-24-22(25-20)17-6-4-10-27(15-17)23(28)21-19-7-3-2-5-16(19)9-12-29-21/h2-3,5,7,13,17,21H,4,6,8-12,14-15H2,1H3/t17-,21-/m0/s1. The lowest BCUT2D eigenvalue weighted by atomic mass is 9.93. The minimum Gasteiger partial charge on any atom is -0.363 e. The molecule has 0 bridgehead atoms. The number of likely N-dealkylation sites (N-methyl/N-ethyl adjacent to an activating group) is 1. The van der Waals surface area contributed by atoms with Crippen LogP contribution in [0.25, 0.3) is 0 Å². The molecule has 0 unspecified atom stereocenters. The molecular weight excluding hydrogens is 364 g/mol. The van der Waals surface area contributed by atoms with Crippen LogP contribution in [-0.2, 0) is 28.9 Å². The monoisotopic (exact) mass is 392 g/mol. The summed E-state index contributed by atoms with van der Waals surface area (Å²) in [4.78, 5) is 27.2. The van der Waals surface area contributed by atoms with Crippen LogP contribution >= 0.6 is 0 Å². The van der Waals surface area contributed by atoms with Crippen molar-refractivity contribution in [2.45, 2.75) is 44.2 Å². The van der Waals surface area contributed by atoms with E-state index in [0.717, 1.165) is 56.7 Å². The Morgan fingerprint density at radius 2 is 2.07 bits per heavy atom. The van der Waals surface area contributed by atoms with Crippen LogP contribution in [0.3, 0.4) is 0 Å². The fourth-order valence-electron chi connectivity index (χ4n) is 4.82. The summed E-state index contributed by atoms with van der Waals surface area (Å²) in [7, 11) is 2.13. The molecule has 1 fully saturated rings. The Hall–Kier alpha value is -2.31. The number of amides is 1. The van der Waals surface area contributed by atoms with Crippen LogP contribution in [0.4, 0.5) is 0 Å². The van der Waals surface area contributed by atoms with Crippen LogP contribution in [0.5, 0.6) is 0 Å². The van der Waals surface area contributed by atoms with Gasteiger partial charge < -0.3 is 14.5 Å². The summed E-state index contributed by atoms with van der Waals surface area (Å²) in [5, 5.41) is 0. The highest BCUT2D eigenvalue weighted by Gasteiger charge is 2.34. The first-order valence-corrected chi connectivity index (χ1v) is 10.7. The lowest BCUT2D eigenvalue weighted by Gasteiger charge is -2.36. The number of nitrogens with zero attached hydrogens (tertiary/aromatic N) is 4. The first-order valence-electron chi connectivity index (χ1n) is 10.7. The zero-order valence-electron chi connectivity index (χ0n) is 17.0. The van der Waals surface area contributed by atoms with Gasteiger partial charge in [0, 0.05) is 56.0 Å². The van der Waals surface area contributed by atoms with Crippen LogP contribution < -0.4 is 0 Å². The van der Waals surface area contributed by atoms with Crippen molar-refractivity contribution in [3.8, 4) is 0 Å². The number of aromatic nitrogens is 2. The third-order valence-corrected chi connectivity index (χ3v) is 6.46. The molecule has 0 radical (unpaired) electrons. The smallest absolute Gasteiger partial charge is 0.256 e. The molecular formula is C23H28N4O2. The molecule has 1 saturated heterocycles. The van der Waals surface area contributed by atoms with Crippen LogP contribution in [-0.4, -0.2) is 59.0 Å². The van der Waals surface area contributed by atoms with Gasteiger partial charge in [-0.3, -0.25) is 4.79 Å². The fraction of sp³-hybridized carbons (Fsp3) is 0.522. The highest BCUT2D eigenvalue weighted by atomic mass is 16.5. The Kier molecular flexibility index (Phi) is 5.06. The van der Waals surface area contributed by atoms with Gasteiger partial charge in [0.25, 0.3) is 5.91 Å². The van der Waals surface area contributed by atoms with Crippen LogP contribution in [0.1, 0.15) is 53.1 Å². The molecule has 3 aliphatic heterocycles. The average Bonchev–Trinajstić information content (AvgIpc) is 2.78. The highest BCUT2D eigenvalue weighted by molar-refractivity contribution is 5.83. The average molecular weight is 393 g/mol. The van der Waals surface area contributed by atoms with Gasteiger partial charge in [-0.15, -0.1) is 0 Å². The molecule has 0 saturated carbocycles. The highest BCUT2D eigenvalue weighted by Crippen LogP contribution is 2.32. The van der Waals surface area contributed by atoms with Gasteiger partial charge in [-0.2, -0.15) is 0 Å². The van der Waals surface area contributed by atoms with E-state index in [0.29, 0.717) is 13.2 Å². The molecule has 4 heterocycles.